The molecule has 2 amide bonds. The molecule has 0 spiro atoms. The van der Waals surface area contributed by atoms with Crippen molar-refractivity contribution in [3.8, 4) is 5.75 Å². The van der Waals surface area contributed by atoms with E-state index in [1.54, 1.807) is 49.3 Å². The molecule has 156 valence electrons. The smallest absolute Gasteiger partial charge is 0.253 e. The number of benzene rings is 2. The second-order valence-corrected chi connectivity index (χ2v) is 7.92. The monoisotopic (exact) mass is 406 g/mol. The van der Waals surface area contributed by atoms with Crippen LogP contribution < -0.4 is 9.64 Å². The number of likely N-dealkylation sites (tertiary alicyclic amines) is 1. The van der Waals surface area contributed by atoms with Gasteiger partial charge in [-0.25, -0.2) is 0 Å². The minimum Gasteiger partial charge on any atom is -0.497 e. The van der Waals surface area contributed by atoms with Gasteiger partial charge in [0.1, 0.15) is 5.75 Å². The molecule has 0 N–H and O–H groups in total. The number of ketones is 1. The lowest BCUT2D eigenvalue weighted by atomic mass is 9.88. The van der Waals surface area contributed by atoms with Gasteiger partial charge in [0.25, 0.3) is 5.91 Å². The van der Waals surface area contributed by atoms with Gasteiger partial charge in [-0.1, -0.05) is 0 Å². The molecule has 0 saturated carbocycles. The average Bonchev–Trinajstić information content (AvgIpc) is 3.22. The number of hydrogen-bond acceptors (Lipinski definition) is 4. The highest BCUT2D eigenvalue weighted by molar-refractivity contribution is 5.99. The van der Waals surface area contributed by atoms with Crippen molar-refractivity contribution < 1.29 is 19.1 Å². The SMILES string of the molecule is COc1ccc(C(=O)C2CCN(C(=O)c3ccc4c(c3)CCN4C(C)=O)CC2)cc1. The first-order valence-corrected chi connectivity index (χ1v) is 10.4. The van der Waals surface area contributed by atoms with Crippen molar-refractivity contribution in [2.75, 3.05) is 31.6 Å². The van der Waals surface area contributed by atoms with Crippen molar-refractivity contribution in [1.29, 1.82) is 0 Å². The van der Waals surface area contributed by atoms with Gasteiger partial charge >= 0.3 is 0 Å². The summed E-state index contributed by atoms with van der Waals surface area (Å²) in [6.45, 7) is 3.37. The van der Waals surface area contributed by atoms with Gasteiger partial charge in [0.15, 0.2) is 5.78 Å². The highest BCUT2D eigenvalue weighted by Crippen LogP contribution is 2.30. The molecule has 0 aliphatic carbocycles. The molecule has 4 rings (SSSR count). The number of amides is 2. The molecule has 0 radical (unpaired) electrons. The van der Waals surface area contributed by atoms with Gasteiger partial charge in [0, 0.05) is 49.3 Å². The molecule has 1 fully saturated rings. The summed E-state index contributed by atoms with van der Waals surface area (Å²) in [4.78, 5) is 41.1. The summed E-state index contributed by atoms with van der Waals surface area (Å²) in [6, 6.07) is 12.8. The fourth-order valence-corrected chi connectivity index (χ4v) is 4.38. The van der Waals surface area contributed by atoms with Crippen molar-refractivity contribution >= 4 is 23.3 Å². The third-order valence-corrected chi connectivity index (χ3v) is 6.13. The van der Waals surface area contributed by atoms with E-state index in [0.29, 0.717) is 43.6 Å². The van der Waals surface area contributed by atoms with Crippen LogP contribution in [0.25, 0.3) is 0 Å². The highest BCUT2D eigenvalue weighted by atomic mass is 16.5. The molecule has 2 aliphatic heterocycles. The van der Waals surface area contributed by atoms with E-state index in [4.69, 9.17) is 4.74 Å². The lowest BCUT2D eigenvalue weighted by Gasteiger charge is -2.31. The Bertz CT molecular complexity index is 975. The molecule has 0 unspecified atom stereocenters. The van der Waals surface area contributed by atoms with Crippen molar-refractivity contribution in [3.05, 3.63) is 59.2 Å². The highest BCUT2D eigenvalue weighted by Gasteiger charge is 2.29. The van der Waals surface area contributed by atoms with Crippen LogP contribution >= 0.6 is 0 Å². The van der Waals surface area contributed by atoms with Gasteiger partial charge in [0.2, 0.25) is 5.91 Å². The Morgan fingerprint density at radius 3 is 2.23 bits per heavy atom. The number of hydrogen-bond donors (Lipinski definition) is 0. The van der Waals surface area contributed by atoms with Crippen LogP contribution in [-0.4, -0.2) is 49.2 Å². The van der Waals surface area contributed by atoms with Crippen LogP contribution in [0.15, 0.2) is 42.5 Å². The summed E-state index contributed by atoms with van der Waals surface area (Å²) >= 11 is 0. The fourth-order valence-electron chi connectivity index (χ4n) is 4.38. The number of methoxy groups -OCH3 is 1. The van der Waals surface area contributed by atoms with Crippen LogP contribution in [0.1, 0.15) is 46.0 Å². The molecule has 0 bridgehead atoms. The number of carbonyl (C=O) groups excluding carboxylic acids is 3. The van der Waals surface area contributed by atoms with Gasteiger partial charge in [-0.2, -0.15) is 0 Å². The molecule has 0 atom stereocenters. The predicted molar refractivity (Wildman–Crippen MR) is 114 cm³/mol. The molecule has 0 aromatic heterocycles. The summed E-state index contributed by atoms with van der Waals surface area (Å²) < 4.78 is 5.15. The van der Waals surface area contributed by atoms with E-state index in [1.165, 1.54) is 0 Å². The lowest BCUT2D eigenvalue weighted by Crippen LogP contribution is -2.40. The number of piperidine rings is 1. The minimum absolute atomic E-state index is 0.00517. The topological polar surface area (TPSA) is 66.9 Å². The van der Waals surface area contributed by atoms with E-state index >= 15 is 0 Å². The Morgan fingerprint density at radius 1 is 0.933 bits per heavy atom. The lowest BCUT2D eigenvalue weighted by molar-refractivity contribution is -0.116. The number of Topliss-reactive ketones (excluding diaryl/α,β-unsaturated/α-hetero) is 1. The number of rotatable bonds is 4. The Hall–Kier alpha value is -3.15. The maximum Gasteiger partial charge on any atom is 0.253 e. The molecule has 2 aliphatic rings. The molecule has 6 nitrogen and oxygen atoms in total. The molecule has 6 heteroatoms. The molecule has 2 heterocycles. The van der Waals surface area contributed by atoms with E-state index in [2.05, 4.69) is 0 Å². The third-order valence-electron chi connectivity index (χ3n) is 6.13. The predicted octanol–water partition coefficient (Wildman–Crippen LogP) is 3.34. The molecular weight excluding hydrogens is 380 g/mol. The van der Waals surface area contributed by atoms with E-state index in [0.717, 1.165) is 23.4 Å². The zero-order valence-electron chi connectivity index (χ0n) is 17.4. The number of nitrogens with zero attached hydrogens (tertiary/aromatic N) is 2. The molecular formula is C24H26N2O4. The van der Waals surface area contributed by atoms with E-state index in [-0.39, 0.29) is 23.5 Å². The Labute approximate surface area is 176 Å². The maximum atomic E-state index is 13.0. The number of ether oxygens (including phenoxy) is 1. The first-order valence-electron chi connectivity index (χ1n) is 10.4. The van der Waals surface area contributed by atoms with Crippen molar-refractivity contribution in [2.24, 2.45) is 5.92 Å². The summed E-state index contributed by atoms with van der Waals surface area (Å²) in [5.74, 6) is 0.816. The van der Waals surface area contributed by atoms with Crippen LogP contribution in [0.5, 0.6) is 5.75 Å². The Balaban J connectivity index is 1.39. The Morgan fingerprint density at radius 2 is 1.60 bits per heavy atom. The van der Waals surface area contributed by atoms with Crippen LogP contribution in [-0.2, 0) is 11.2 Å². The van der Waals surface area contributed by atoms with Gasteiger partial charge in [-0.05, 0) is 67.3 Å². The molecule has 1 saturated heterocycles. The Kier molecular flexibility index (Phi) is 5.57. The second-order valence-electron chi connectivity index (χ2n) is 7.92. The summed E-state index contributed by atoms with van der Waals surface area (Å²) in [7, 11) is 1.60. The van der Waals surface area contributed by atoms with Crippen molar-refractivity contribution in [2.45, 2.75) is 26.2 Å². The maximum absolute atomic E-state index is 13.0. The first-order chi connectivity index (χ1) is 14.5. The zero-order chi connectivity index (χ0) is 21.3. The van der Waals surface area contributed by atoms with Gasteiger partial charge < -0.3 is 14.5 Å². The largest absolute Gasteiger partial charge is 0.497 e. The van der Waals surface area contributed by atoms with Crippen LogP contribution in [0.3, 0.4) is 0 Å². The zero-order valence-corrected chi connectivity index (χ0v) is 17.4. The van der Waals surface area contributed by atoms with E-state index in [9.17, 15) is 14.4 Å². The number of carbonyl (C=O) groups is 3. The normalized spacial score (nSPS) is 16.3. The van der Waals surface area contributed by atoms with Crippen LogP contribution in [0, 0.1) is 5.92 Å². The van der Waals surface area contributed by atoms with Gasteiger partial charge in [-0.15, -0.1) is 0 Å². The van der Waals surface area contributed by atoms with Crippen molar-refractivity contribution in [3.63, 3.8) is 0 Å². The first kappa shape index (κ1) is 20.1. The number of fused-ring (bicyclic) bond motifs is 1. The molecule has 2 aromatic carbocycles. The average molecular weight is 406 g/mol. The van der Waals surface area contributed by atoms with E-state index in [1.807, 2.05) is 17.0 Å². The summed E-state index contributed by atoms with van der Waals surface area (Å²) in [5.41, 5.74) is 3.29. The second kappa shape index (κ2) is 8.30. The van der Waals surface area contributed by atoms with Crippen molar-refractivity contribution in [1.82, 2.24) is 4.90 Å². The molecule has 2 aromatic rings. The molecule has 30 heavy (non-hydrogen) atoms. The quantitative estimate of drug-likeness (QED) is 0.731. The fraction of sp³-hybridized carbons (Fsp3) is 0.375. The minimum atomic E-state index is -0.0633. The van der Waals surface area contributed by atoms with E-state index < -0.39 is 0 Å². The van der Waals surface area contributed by atoms with Gasteiger partial charge in [0.05, 0.1) is 7.11 Å². The number of anilines is 1. The summed E-state index contributed by atoms with van der Waals surface area (Å²) in [5, 5.41) is 0. The third kappa shape index (κ3) is 3.82. The van der Waals surface area contributed by atoms with Crippen LogP contribution in [0.2, 0.25) is 0 Å². The standard InChI is InChI=1S/C24H26N2O4/c1-16(27)26-14-11-19-15-20(5-8-22(19)26)24(29)25-12-9-18(10-13-25)23(28)17-3-6-21(30-2)7-4-17/h3-8,15,18H,9-14H2,1-2H3. The summed E-state index contributed by atoms with van der Waals surface area (Å²) in [6.07, 6.45) is 2.10. The van der Waals surface area contributed by atoms with Crippen LogP contribution in [0.4, 0.5) is 5.69 Å². The van der Waals surface area contributed by atoms with Gasteiger partial charge in [-0.3, -0.25) is 14.4 Å².